The predicted molar refractivity (Wildman–Crippen MR) is 81.9 cm³/mol. The Labute approximate surface area is 119 Å². The number of hydrogen-bond donors (Lipinski definition) is 1. The van der Waals surface area contributed by atoms with Gasteiger partial charge in [-0.2, -0.15) is 0 Å². The molecule has 0 amide bonds. The number of carbonyl (C=O) groups excluding carboxylic acids is 1. The molecule has 3 nitrogen and oxygen atoms in total. The first kappa shape index (κ1) is 14.1. The minimum atomic E-state index is 0.0231. The lowest BCUT2D eigenvalue weighted by atomic mass is 10.1. The summed E-state index contributed by atoms with van der Waals surface area (Å²) >= 11 is 0. The van der Waals surface area contributed by atoms with Crippen LogP contribution in [0.1, 0.15) is 30.1 Å². The molecule has 0 saturated heterocycles. The maximum atomic E-state index is 10.8. The van der Waals surface area contributed by atoms with E-state index < -0.39 is 0 Å². The van der Waals surface area contributed by atoms with Crippen molar-refractivity contribution in [1.29, 1.82) is 0 Å². The molecule has 2 aromatic rings. The third-order valence-corrected chi connectivity index (χ3v) is 3.26. The number of benzene rings is 2. The van der Waals surface area contributed by atoms with Crippen LogP contribution in [0.3, 0.4) is 0 Å². The van der Waals surface area contributed by atoms with E-state index in [-0.39, 0.29) is 5.75 Å². The smallest absolute Gasteiger partial charge is 0.153 e. The third-order valence-electron chi connectivity index (χ3n) is 3.26. The first-order valence-corrected chi connectivity index (χ1v) is 6.87. The maximum absolute atomic E-state index is 10.8. The molecule has 0 atom stereocenters. The topological polar surface area (TPSA) is 40.5 Å². The molecule has 0 bridgehead atoms. The number of para-hydroxylation sites is 1. The normalized spacial score (nSPS) is 10.2. The van der Waals surface area contributed by atoms with Gasteiger partial charge in [0.2, 0.25) is 0 Å². The lowest BCUT2D eigenvalue weighted by molar-refractivity contribution is 0.112. The number of rotatable bonds is 6. The molecule has 0 aliphatic carbocycles. The number of hydrogen-bond acceptors (Lipinski definition) is 3. The van der Waals surface area contributed by atoms with Crippen LogP contribution in [-0.4, -0.2) is 17.9 Å². The van der Waals surface area contributed by atoms with Crippen molar-refractivity contribution >= 4 is 17.7 Å². The second-order valence-corrected chi connectivity index (χ2v) is 4.70. The fourth-order valence-corrected chi connectivity index (χ4v) is 2.13. The van der Waals surface area contributed by atoms with Crippen molar-refractivity contribution < 1.29 is 9.90 Å². The number of nitrogens with zero attached hydrogens (tertiary/aromatic N) is 1. The summed E-state index contributed by atoms with van der Waals surface area (Å²) in [6, 6.07) is 15.2. The highest BCUT2D eigenvalue weighted by molar-refractivity contribution is 5.81. The number of phenols is 1. The minimum absolute atomic E-state index is 0.0231. The van der Waals surface area contributed by atoms with E-state index in [4.69, 9.17) is 0 Å². The fraction of sp³-hybridized carbons (Fsp3) is 0.235. The van der Waals surface area contributed by atoms with Crippen molar-refractivity contribution in [2.75, 3.05) is 11.4 Å². The number of phenolic OH excluding ortho intramolecular Hbond substituents is 1. The monoisotopic (exact) mass is 269 g/mol. The highest BCUT2D eigenvalue weighted by Gasteiger charge is 2.10. The molecular formula is C17H19NO2. The molecule has 3 heteroatoms. The molecular weight excluding hydrogens is 250 g/mol. The number of carbonyl (C=O) groups is 1. The molecule has 2 aromatic carbocycles. The van der Waals surface area contributed by atoms with Crippen LogP contribution >= 0.6 is 0 Å². The average molecular weight is 269 g/mol. The lowest BCUT2D eigenvalue weighted by Gasteiger charge is -2.25. The van der Waals surface area contributed by atoms with Crippen molar-refractivity contribution in [3.8, 4) is 5.75 Å². The molecule has 0 fully saturated rings. The van der Waals surface area contributed by atoms with Gasteiger partial charge in [-0.05, 0) is 30.7 Å². The lowest BCUT2D eigenvalue weighted by Crippen LogP contribution is -2.18. The maximum Gasteiger partial charge on any atom is 0.153 e. The van der Waals surface area contributed by atoms with Crippen LogP contribution in [0.5, 0.6) is 5.75 Å². The Morgan fingerprint density at radius 2 is 1.85 bits per heavy atom. The zero-order valence-corrected chi connectivity index (χ0v) is 11.6. The minimum Gasteiger partial charge on any atom is -0.507 e. The first-order chi connectivity index (χ1) is 9.76. The van der Waals surface area contributed by atoms with Gasteiger partial charge in [-0.25, -0.2) is 0 Å². The van der Waals surface area contributed by atoms with Crippen LogP contribution in [0.25, 0.3) is 0 Å². The molecule has 0 aromatic heterocycles. The van der Waals surface area contributed by atoms with Crippen molar-refractivity contribution in [1.82, 2.24) is 0 Å². The van der Waals surface area contributed by atoms with E-state index >= 15 is 0 Å². The molecule has 0 unspecified atom stereocenters. The molecule has 20 heavy (non-hydrogen) atoms. The standard InChI is InChI=1S/C17H19NO2/c1-2-3-11-18(15-7-5-4-6-8-15)16-10-9-14(13-19)17(20)12-16/h4-10,12-13,20H,2-3,11H2,1H3. The summed E-state index contributed by atoms with van der Waals surface area (Å²) < 4.78 is 0. The van der Waals surface area contributed by atoms with E-state index in [1.54, 1.807) is 12.1 Å². The summed E-state index contributed by atoms with van der Waals surface area (Å²) in [4.78, 5) is 12.9. The van der Waals surface area contributed by atoms with Gasteiger partial charge < -0.3 is 10.0 Å². The summed E-state index contributed by atoms with van der Waals surface area (Å²) in [5.74, 6) is 0.0231. The highest BCUT2D eigenvalue weighted by atomic mass is 16.3. The Morgan fingerprint density at radius 1 is 1.10 bits per heavy atom. The van der Waals surface area contributed by atoms with E-state index in [2.05, 4.69) is 11.8 Å². The van der Waals surface area contributed by atoms with Gasteiger partial charge in [0.15, 0.2) is 6.29 Å². The summed E-state index contributed by atoms with van der Waals surface area (Å²) in [5.41, 5.74) is 2.30. The van der Waals surface area contributed by atoms with Crippen LogP contribution in [-0.2, 0) is 0 Å². The van der Waals surface area contributed by atoms with E-state index in [1.807, 2.05) is 36.4 Å². The largest absolute Gasteiger partial charge is 0.507 e. The molecule has 0 aliphatic heterocycles. The van der Waals surface area contributed by atoms with Crippen molar-refractivity contribution in [2.24, 2.45) is 0 Å². The van der Waals surface area contributed by atoms with Gasteiger partial charge in [0.25, 0.3) is 0 Å². The van der Waals surface area contributed by atoms with E-state index in [0.717, 1.165) is 30.8 Å². The van der Waals surface area contributed by atoms with Crippen LogP contribution < -0.4 is 4.90 Å². The van der Waals surface area contributed by atoms with Gasteiger partial charge in [-0.1, -0.05) is 31.5 Å². The molecule has 104 valence electrons. The molecule has 0 heterocycles. The fourth-order valence-electron chi connectivity index (χ4n) is 2.13. The van der Waals surface area contributed by atoms with E-state index in [0.29, 0.717) is 11.8 Å². The SMILES string of the molecule is CCCCN(c1ccccc1)c1ccc(C=O)c(O)c1. The van der Waals surface area contributed by atoms with Gasteiger partial charge in [0, 0.05) is 24.0 Å². The Bertz CT molecular complexity index is 566. The molecule has 1 N–H and O–H groups in total. The number of unbranched alkanes of at least 4 members (excludes halogenated alkanes) is 1. The average Bonchev–Trinajstić information content (AvgIpc) is 2.49. The van der Waals surface area contributed by atoms with Gasteiger partial charge >= 0.3 is 0 Å². The van der Waals surface area contributed by atoms with Gasteiger partial charge in [0.1, 0.15) is 5.75 Å². The summed E-state index contributed by atoms with van der Waals surface area (Å²) in [6.45, 7) is 3.02. The Morgan fingerprint density at radius 3 is 2.45 bits per heavy atom. The second kappa shape index (κ2) is 6.75. The van der Waals surface area contributed by atoms with Crippen molar-refractivity contribution in [3.63, 3.8) is 0 Å². The molecule has 2 rings (SSSR count). The zero-order valence-electron chi connectivity index (χ0n) is 11.6. The first-order valence-electron chi connectivity index (χ1n) is 6.87. The van der Waals surface area contributed by atoms with Crippen LogP contribution in [0.2, 0.25) is 0 Å². The van der Waals surface area contributed by atoms with Gasteiger partial charge in [-0.3, -0.25) is 4.79 Å². The zero-order chi connectivity index (χ0) is 14.4. The third kappa shape index (κ3) is 3.18. The molecule has 0 saturated carbocycles. The predicted octanol–water partition coefficient (Wildman–Crippen LogP) is 4.14. The molecule has 0 aliphatic rings. The quantitative estimate of drug-likeness (QED) is 0.801. The van der Waals surface area contributed by atoms with Gasteiger partial charge in [-0.15, -0.1) is 0 Å². The van der Waals surface area contributed by atoms with E-state index in [1.165, 1.54) is 0 Å². The Hall–Kier alpha value is -2.29. The Balaban J connectivity index is 2.36. The highest BCUT2D eigenvalue weighted by Crippen LogP contribution is 2.29. The molecule has 0 spiro atoms. The van der Waals surface area contributed by atoms with Crippen molar-refractivity contribution in [2.45, 2.75) is 19.8 Å². The van der Waals surface area contributed by atoms with E-state index in [9.17, 15) is 9.90 Å². The summed E-state index contributed by atoms with van der Waals surface area (Å²) in [5, 5.41) is 9.85. The van der Waals surface area contributed by atoms with Crippen LogP contribution in [0, 0.1) is 0 Å². The molecule has 0 radical (unpaired) electrons. The Kier molecular flexibility index (Phi) is 4.77. The van der Waals surface area contributed by atoms with Crippen LogP contribution in [0.15, 0.2) is 48.5 Å². The van der Waals surface area contributed by atoms with Gasteiger partial charge in [0.05, 0.1) is 5.56 Å². The second-order valence-electron chi connectivity index (χ2n) is 4.70. The van der Waals surface area contributed by atoms with Crippen molar-refractivity contribution in [3.05, 3.63) is 54.1 Å². The number of aldehydes is 1. The summed E-state index contributed by atoms with van der Waals surface area (Å²) in [7, 11) is 0. The number of aromatic hydroxyl groups is 1. The van der Waals surface area contributed by atoms with Crippen LogP contribution in [0.4, 0.5) is 11.4 Å². The summed E-state index contributed by atoms with van der Waals surface area (Å²) in [6.07, 6.45) is 2.82. The number of anilines is 2.